The number of hydrogen-bond donors (Lipinski definition) is 2. The van der Waals surface area contributed by atoms with Crippen LogP contribution in [0.5, 0.6) is 17.2 Å². The number of unbranched alkanes of at least 4 members (excludes halogenated alkanes) is 24. The molecule has 6 aromatic rings. The van der Waals surface area contributed by atoms with Gasteiger partial charge in [-0.2, -0.15) is 0 Å². The minimum Gasteiger partial charge on any atom is -0.463 e. The molecule has 444 valence electrons. The summed E-state index contributed by atoms with van der Waals surface area (Å²) in [5.41, 5.74) is 2.93. The summed E-state index contributed by atoms with van der Waals surface area (Å²) < 4.78 is 26.1. The molecule has 0 aliphatic rings. The Morgan fingerprint density at radius 3 is 1.07 bits per heavy atom. The SMILES string of the molecule is CCCCCCCCCc1nnc(-c2ccc(OC(CCCCCCCCCC(=O)OCC(O)CO)(Oc3ccc(-c4nnc(CCCCCCCCC)s4)cc3)Oc3ccc(-c4nnc(CCCCCCCCC)s4)cc3)cc2)s1. The van der Waals surface area contributed by atoms with Gasteiger partial charge in [0.2, 0.25) is 0 Å². The molecule has 0 aliphatic carbocycles. The zero-order valence-corrected chi connectivity index (χ0v) is 51.5. The summed E-state index contributed by atoms with van der Waals surface area (Å²) in [5.74, 6) is -0.149. The van der Waals surface area contributed by atoms with E-state index in [1.807, 2.05) is 72.8 Å². The molecule has 3 aromatic heterocycles. The van der Waals surface area contributed by atoms with Crippen LogP contribution in [0.3, 0.4) is 0 Å². The van der Waals surface area contributed by atoms with Crippen LogP contribution < -0.4 is 14.2 Å². The number of esters is 1. The molecule has 81 heavy (non-hydrogen) atoms. The smallest absolute Gasteiger partial charge is 0.417 e. The Bertz CT molecular complexity index is 2330. The molecular formula is C65H94N6O7S3. The summed E-state index contributed by atoms with van der Waals surface area (Å²) in [6.07, 6.45) is 35.2. The fourth-order valence-electron chi connectivity index (χ4n) is 9.67. The first-order valence-corrected chi connectivity index (χ1v) is 33.5. The average Bonchev–Trinajstić information content (AvgIpc) is 4.35. The van der Waals surface area contributed by atoms with E-state index in [9.17, 15) is 9.90 Å². The topological polar surface area (TPSA) is 172 Å². The summed E-state index contributed by atoms with van der Waals surface area (Å²) in [7, 11) is 0. The van der Waals surface area contributed by atoms with Crippen LogP contribution in [0.25, 0.3) is 31.7 Å². The van der Waals surface area contributed by atoms with Gasteiger partial charge in [0.15, 0.2) is 0 Å². The quantitative estimate of drug-likeness (QED) is 0.0210. The average molecular weight is 1170 g/mol. The van der Waals surface area contributed by atoms with E-state index in [-0.39, 0.29) is 12.6 Å². The van der Waals surface area contributed by atoms with Gasteiger partial charge in [0.1, 0.15) is 60.0 Å². The Morgan fingerprint density at radius 1 is 0.432 bits per heavy atom. The Labute approximate surface area is 496 Å². The number of carbonyl (C=O) groups is 1. The van der Waals surface area contributed by atoms with Crippen molar-refractivity contribution in [1.82, 2.24) is 30.6 Å². The summed E-state index contributed by atoms with van der Waals surface area (Å²) in [5, 5.41) is 51.8. The van der Waals surface area contributed by atoms with Crippen LogP contribution in [-0.4, -0.2) is 72.1 Å². The third-order valence-electron chi connectivity index (χ3n) is 14.5. The summed E-state index contributed by atoms with van der Waals surface area (Å²) >= 11 is 4.97. The maximum Gasteiger partial charge on any atom is 0.417 e. The van der Waals surface area contributed by atoms with Crippen molar-refractivity contribution in [3.63, 3.8) is 0 Å². The van der Waals surface area contributed by atoms with Gasteiger partial charge in [-0.05, 0) is 105 Å². The van der Waals surface area contributed by atoms with E-state index < -0.39 is 18.7 Å². The lowest BCUT2D eigenvalue weighted by molar-refractivity contribution is -0.257. The molecule has 2 N–H and O–H groups in total. The maximum atomic E-state index is 12.1. The number of ether oxygens (including phenoxy) is 4. The highest BCUT2D eigenvalue weighted by molar-refractivity contribution is 7.15. The number of aliphatic hydroxyl groups excluding tert-OH is 2. The first-order valence-electron chi connectivity index (χ1n) is 31.1. The molecule has 3 aromatic carbocycles. The molecule has 0 saturated carbocycles. The lowest BCUT2D eigenvalue weighted by atomic mass is 10.1. The van der Waals surface area contributed by atoms with Gasteiger partial charge in [0.05, 0.1) is 13.0 Å². The van der Waals surface area contributed by atoms with Gasteiger partial charge in [-0.15, -0.1) is 30.6 Å². The molecule has 1 unspecified atom stereocenters. The Balaban J connectivity index is 1.18. The second-order valence-corrected chi connectivity index (χ2v) is 24.9. The van der Waals surface area contributed by atoms with Crippen molar-refractivity contribution >= 4 is 40.0 Å². The number of aryl methyl sites for hydroxylation is 3. The molecule has 13 nitrogen and oxygen atoms in total. The summed E-state index contributed by atoms with van der Waals surface area (Å²) in [6, 6.07) is 24.0. The first-order chi connectivity index (χ1) is 39.8. The van der Waals surface area contributed by atoms with Crippen molar-refractivity contribution in [2.75, 3.05) is 13.2 Å². The highest BCUT2D eigenvalue weighted by atomic mass is 32.1. The Kier molecular flexibility index (Phi) is 31.3. The molecule has 3 heterocycles. The highest BCUT2D eigenvalue weighted by Gasteiger charge is 2.39. The minimum absolute atomic E-state index is 0.185. The van der Waals surface area contributed by atoms with E-state index in [2.05, 4.69) is 51.4 Å². The van der Waals surface area contributed by atoms with Crippen LogP contribution in [0.1, 0.15) is 228 Å². The van der Waals surface area contributed by atoms with Gasteiger partial charge < -0.3 is 29.2 Å². The predicted octanol–water partition coefficient (Wildman–Crippen LogP) is 17.7. The normalized spacial score (nSPS) is 12.0. The van der Waals surface area contributed by atoms with E-state index in [1.165, 1.54) is 116 Å². The number of benzene rings is 3. The van der Waals surface area contributed by atoms with Crippen LogP contribution in [0.15, 0.2) is 72.8 Å². The lowest BCUT2D eigenvalue weighted by Gasteiger charge is -2.34. The Morgan fingerprint density at radius 2 is 0.741 bits per heavy atom. The first kappa shape index (κ1) is 65.3. The van der Waals surface area contributed by atoms with Gasteiger partial charge in [-0.3, -0.25) is 4.79 Å². The van der Waals surface area contributed by atoms with Crippen molar-refractivity contribution in [2.24, 2.45) is 0 Å². The number of aliphatic hydroxyl groups is 2. The standard InChI is InChI=1S/C65H94N6O7S3/c1-4-7-10-13-17-22-27-32-58-66-69-62(79-58)51-36-42-55(43-37-51)76-65(48-31-26-21-16-20-25-30-35-61(74)75-50-54(73)49-72,77-56-44-38-52(39-45-56)63-70-67-59(80-63)33-28-23-18-14-11-8-5-2)78-57-46-40-53(41-47-57)64-71-68-60(81-64)34-29-24-19-15-12-9-6-3/h36-47,54,72-73H,4-35,48-50H2,1-3H3. The molecule has 0 saturated heterocycles. The monoisotopic (exact) mass is 1170 g/mol. The third-order valence-corrected chi connectivity index (χ3v) is 17.6. The fourth-order valence-corrected chi connectivity index (χ4v) is 12.3. The molecule has 6 rings (SSSR count). The number of hydrogen-bond acceptors (Lipinski definition) is 16. The molecule has 0 spiro atoms. The van der Waals surface area contributed by atoms with E-state index in [0.29, 0.717) is 36.5 Å². The lowest BCUT2D eigenvalue weighted by Crippen LogP contribution is -2.48. The number of carbonyl (C=O) groups excluding carboxylic acids is 1. The zero-order valence-electron chi connectivity index (χ0n) is 49.1. The zero-order chi connectivity index (χ0) is 57.0. The molecule has 0 fully saturated rings. The second kappa shape index (κ2) is 38.8. The number of rotatable bonds is 46. The van der Waals surface area contributed by atoms with Crippen molar-refractivity contribution in [3.8, 4) is 49.0 Å². The predicted molar refractivity (Wildman–Crippen MR) is 331 cm³/mol. The van der Waals surface area contributed by atoms with Gasteiger partial charge >= 0.3 is 11.9 Å². The molecule has 0 bridgehead atoms. The number of aromatic nitrogens is 6. The highest BCUT2D eigenvalue weighted by Crippen LogP contribution is 2.36. The molecular weight excluding hydrogens is 1070 g/mol. The minimum atomic E-state index is -1.57. The van der Waals surface area contributed by atoms with Crippen molar-refractivity contribution in [3.05, 3.63) is 87.8 Å². The van der Waals surface area contributed by atoms with E-state index in [4.69, 9.17) is 24.1 Å². The number of nitrogens with zero attached hydrogens (tertiary/aromatic N) is 6. The van der Waals surface area contributed by atoms with E-state index in [1.54, 1.807) is 34.0 Å². The summed E-state index contributed by atoms with van der Waals surface area (Å²) in [4.78, 5) is 12.1. The van der Waals surface area contributed by atoms with E-state index in [0.717, 1.165) is 124 Å². The largest absolute Gasteiger partial charge is 0.463 e. The molecule has 16 heteroatoms. The van der Waals surface area contributed by atoms with Crippen molar-refractivity contribution in [1.29, 1.82) is 0 Å². The third kappa shape index (κ3) is 25.3. The van der Waals surface area contributed by atoms with Crippen molar-refractivity contribution in [2.45, 2.75) is 245 Å². The van der Waals surface area contributed by atoms with Crippen molar-refractivity contribution < 1.29 is 34.0 Å². The van der Waals surface area contributed by atoms with Crippen LogP contribution in [0, 0.1) is 0 Å². The Hall–Kier alpha value is -4.87. The van der Waals surface area contributed by atoms with Gasteiger partial charge in [-0.1, -0.05) is 202 Å². The van der Waals surface area contributed by atoms with Crippen LogP contribution in [0.2, 0.25) is 0 Å². The van der Waals surface area contributed by atoms with Gasteiger partial charge in [0.25, 0.3) is 0 Å². The second-order valence-electron chi connectivity index (χ2n) is 21.7. The molecule has 0 amide bonds. The maximum absolute atomic E-state index is 12.1. The van der Waals surface area contributed by atoms with Gasteiger partial charge in [-0.25, -0.2) is 0 Å². The van der Waals surface area contributed by atoms with Crippen LogP contribution >= 0.6 is 34.0 Å². The van der Waals surface area contributed by atoms with E-state index >= 15 is 0 Å². The fraction of sp³-hybridized carbons (Fsp3) is 0.615. The van der Waals surface area contributed by atoms with Crippen LogP contribution in [0.4, 0.5) is 0 Å². The van der Waals surface area contributed by atoms with Crippen LogP contribution in [-0.2, 0) is 28.8 Å². The molecule has 0 radical (unpaired) electrons. The molecule has 0 aliphatic heterocycles. The van der Waals surface area contributed by atoms with Gasteiger partial charge in [0, 0.05) is 42.4 Å². The summed E-state index contributed by atoms with van der Waals surface area (Å²) in [6.45, 7) is 6.15. The molecule has 1 atom stereocenters.